The van der Waals surface area contributed by atoms with Gasteiger partial charge < -0.3 is 18.7 Å². The molecule has 1 N–H and O–H groups in total. The summed E-state index contributed by atoms with van der Waals surface area (Å²) in [5, 5.41) is 7.22. The lowest BCUT2D eigenvalue weighted by Crippen LogP contribution is -2.09. The third-order valence-electron chi connectivity index (χ3n) is 4.17. The van der Waals surface area contributed by atoms with Gasteiger partial charge in [-0.3, -0.25) is 0 Å². The number of hydrogen-bond acceptors (Lipinski definition) is 7. The highest BCUT2D eigenvalue weighted by atomic mass is 16.5. The van der Waals surface area contributed by atoms with Gasteiger partial charge in [0, 0.05) is 18.3 Å². The summed E-state index contributed by atoms with van der Waals surface area (Å²) in [4.78, 5) is 9.03. The monoisotopic (exact) mass is 350 g/mol. The molecule has 0 atom stereocenters. The first-order chi connectivity index (χ1) is 12.7. The van der Waals surface area contributed by atoms with Gasteiger partial charge in [0.2, 0.25) is 5.95 Å². The van der Waals surface area contributed by atoms with Gasteiger partial charge >= 0.3 is 0 Å². The average molecular weight is 350 g/mol. The molecule has 0 saturated heterocycles. The topological polar surface area (TPSA) is 90.1 Å². The SMILES string of the molecule is Cc1noc(C)c1CCNc1ncc(-c2ccco2)c(-c2ccco2)n1. The standard InChI is InChI=1S/C19H18N4O3/c1-12-14(13(2)26-23-12)7-8-20-19-21-11-15(16-5-3-9-24-16)18(22-19)17-6-4-10-25-17/h3-6,9-11H,7-8H2,1-2H3,(H,20,21,22). The molecular formula is C19H18N4O3. The zero-order valence-corrected chi connectivity index (χ0v) is 14.5. The minimum atomic E-state index is 0.526. The van der Waals surface area contributed by atoms with Crippen molar-refractivity contribution in [3.8, 4) is 22.8 Å². The van der Waals surface area contributed by atoms with Gasteiger partial charge in [-0.1, -0.05) is 5.16 Å². The average Bonchev–Trinajstić information content (AvgIpc) is 3.40. The molecule has 0 aromatic carbocycles. The first kappa shape index (κ1) is 16.1. The van der Waals surface area contributed by atoms with Gasteiger partial charge in [0.25, 0.3) is 0 Å². The molecule has 4 rings (SSSR count). The molecular weight excluding hydrogens is 332 g/mol. The van der Waals surface area contributed by atoms with Crippen molar-refractivity contribution in [3.05, 3.63) is 60.0 Å². The molecule has 0 radical (unpaired) electrons. The maximum atomic E-state index is 5.53. The molecule has 7 heteroatoms. The Morgan fingerprint density at radius 1 is 1.04 bits per heavy atom. The molecule has 4 heterocycles. The van der Waals surface area contributed by atoms with Gasteiger partial charge in [-0.05, 0) is 44.5 Å². The Morgan fingerprint density at radius 3 is 2.46 bits per heavy atom. The van der Waals surface area contributed by atoms with E-state index in [1.165, 1.54) is 0 Å². The third-order valence-corrected chi connectivity index (χ3v) is 4.17. The summed E-state index contributed by atoms with van der Waals surface area (Å²) in [6.07, 6.45) is 5.76. The van der Waals surface area contributed by atoms with Gasteiger partial charge in [0.1, 0.15) is 17.2 Å². The molecule has 4 aromatic heterocycles. The van der Waals surface area contributed by atoms with Gasteiger partial charge in [-0.15, -0.1) is 0 Å². The Morgan fingerprint density at radius 2 is 1.81 bits per heavy atom. The van der Waals surface area contributed by atoms with E-state index in [4.69, 9.17) is 13.4 Å². The lowest BCUT2D eigenvalue weighted by molar-refractivity contribution is 0.392. The Bertz CT molecular complexity index is 969. The minimum absolute atomic E-state index is 0.526. The summed E-state index contributed by atoms with van der Waals surface area (Å²) in [5.41, 5.74) is 3.48. The second kappa shape index (κ2) is 6.87. The number of anilines is 1. The molecule has 0 fully saturated rings. The zero-order valence-electron chi connectivity index (χ0n) is 14.5. The highest BCUT2D eigenvalue weighted by Gasteiger charge is 2.16. The predicted octanol–water partition coefficient (Wildman–Crippen LogP) is 4.26. The van der Waals surface area contributed by atoms with Crippen molar-refractivity contribution in [2.24, 2.45) is 0 Å². The van der Waals surface area contributed by atoms with Crippen molar-refractivity contribution in [1.29, 1.82) is 0 Å². The largest absolute Gasteiger partial charge is 0.464 e. The highest BCUT2D eigenvalue weighted by Crippen LogP contribution is 2.31. The number of hydrogen-bond donors (Lipinski definition) is 1. The van der Waals surface area contributed by atoms with Crippen LogP contribution in [-0.4, -0.2) is 21.7 Å². The molecule has 7 nitrogen and oxygen atoms in total. The zero-order chi connectivity index (χ0) is 17.9. The van der Waals surface area contributed by atoms with Crippen LogP contribution in [0.5, 0.6) is 0 Å². The Labute approximate surface area is 150 Å². The number of nitrogens with zero attached hydrogens (tertiary/aromatic N) is 3. The van der Waals surface area contributed by atoms with E-state index in [0.29, 0.717) is 29.7 Å². The van der Waals surface area contributed by atoms with Gasteiger partial charge in [-0.25, -0.2) is 9.97 Å². The van der Waals surface area contributed by atoms with E-state index in [0.717, 1.165) is 29.0 Å². The molecule has 0 aliphatic rings. The molecule has 0 aliphatic heterocycles. The van der Waals surface area contributed by atoms with Crippen LogP contribution < -0.4 is 5.32 Å². The van der Waals surface area contributed by atoms with Crippen molar-refractivity contribution < 1.29 is 13.4 Å². The Hall–Kier alpha value is -3.35. The van der Waals surface area contributed by atoms with Crippen molar-refractivity contribution in [3.63, 3.8) is 0 Å². The molecule has 0 bridgehead atoms. The smallest absolute Gasteiger partial charge is 0.223 e. The number of rotatable bonds is 6. The fourth-order valence-corrected chi connectivity index (χ4v) is 2.84. The highest BCUT2D eigenvalue weighted by molar-refractivity contribution is 5.75. The van der Waals surface area contributed by atoms with Crippen LogP contribution >= 0.6 is 0 Å². The van der Waals surface area contributed by atoms with E-state index in [1.807, 2.05) is 38.1 Å². The van der Waals surface area contributed by atoms with E-state index < -0.39 is 0 Å². The molecule has 132 valence electrons. The van der Waals surface area contributed by atoms with E-state index in [2.05, 4.69) is 20.4 Å². The molecule has 0 aliphatic carbocycles. The third kappa shape index (κ3) is 3.11. The van der Waals surface area contributed by atoms with Gasteiger partial charge in [0.15, 0.2) is 5.76 Å². The van der Waals surface area contributed by atoms with Crippen LogP contribution in [-0.2, 0) is 6.42 Å². The van der Waals surface area contributed by atoms with Crippen molar-refractivity contribution in [2.45, 2.75) is 20.3 Å². The summed E-state index contributed by atoms with van der Waals surface area (Å²) in [5.74, 6) is 2.72. The van der Waals surface area contributed by atoms with E-state index >= 15 is 0 Å². The first-order valence-corrected chi connectivity index (χ1v) is 8.33. The van der Waals surface area contributed by atoms with Crippen molar-refractivity contribution in [1.82, 2.24) is 15.1 Å². The van der Waals surface area contributed by atoms with Crippen LogP contribution in [0.2, 0.25) is 0 Å². The van der Waals surface area contributed by atoms with E-state index in [1.54, 1.807) is 18.7 Å². The van der Waals surface area contributed by atoms with Crippen LogP contribution in [0.15, 0.2) is 56.3 Å². The molecule has 4 aromatic rings. The summed E-state index contributed by atoms with van der Waals surface area (Å²) in [6.45, 7) is 4.52. The lowest BCUT2D eigenvalue weighted by atomic mass is 10.1. The normalized spacial score (nSPS) is 11.0. The molecule has 26 heavy (non-hydrogen) atoms. The fraction of sp³-hybridized carbons (Fsp3) is 0.211. The second-order valence-electron chi connectivity index (χ2n) is 5.89. The Kier molecular flexibility index (Phi) is 4.27. The van der Waals surface area contributed by atoms with Gasteiger partial charge in [0.05, 0.1) is 23.8 Å². The fourth-order valence-electron chi connectivity index (χ4n) is 2.84. The Balaban J connectivity index is 1.57. The van der Waals surface area contributed by atoms with Gasteiger partial charge in [-0.2, -0.15) is 0 Å². The summed E-state index contributed by atoms with van der Waals surface area (Å²) < 4.78 is 16.2. The molecule has 0 amide bonds. The number of nitrogens with one attached hydrogen (secondary N) is 1. The quantitative estimate of drug-likeness (QED) is 0.556. The number of aromatic nitrogens is 3. The molecule has 0 saturated carbocycles. The van der Waals surface area contributed by atoms with E-state index in [-0.39, 0.29) is 0 Å². The maximum Gasteiger partial charge on any atom is 0.223 e. The van der Waals surface area contributed by atoms with Crippen LogP contribution in [0.1, 0.15) is 17.0 Å². The first-order valence-electron chi connectivity index (χ1n) is 8.33. The summed E-state index contributed by atoms with van der Waals surface area (Å²) in [7, 11) is 0. The molecule has 0 unspecified atom stereocenters. The number of aryl methyl sites for hydroxylation is 2. The van der Waals surface area contributed by atoms with Crippen LogP contribution in [0.4, 0.5) is 5.95 Å². The van der Waals surface area contributed by atoms with Crippen LogP contribution in [0.3, 0.4) is 0 Å². The second-order valence-corrected chi connectivity index (χ2v) is 5.89. The van der Waals surface area contributed by atoms with Crippen LogP contribution in [0.25, 0.3) is 22.8 Å². The summed E-state index contributed by atoms with van der Waals surface area (Å²) >= 11 is 0. The number of furan rings is 2. The summed E-state index contributed by atoms with van der Waals surface area (Å²) in [6, 6.07) is 7.39. The van der Waals surface area contributed by atoms with Crippen LogP contribution in [0, 0.1) is 13.8 Å². The van der Waals surface area contributed by atoms with Crippen molar-refractivity contribution >= 4 is 5.95 Å². The van der Waals surface area contributed by atoms with E-state index in [9.17, 15) is 0 Å². The lowest BCUT2D eigenvalue weighted by Gasteiger charge is -2.08. The predicted molar refractivity (Wildman–Crippen MR) is 95.6 cm³/mol. The maximum absolute atomic E-state index is 5.53. The van der Waals surface area contributed by atoms with Crippen molar-refractivity contribution in [2.75, 3.05) is 11.9 Å². The molecule has 0 spiro atoms. The minimum Gasteiger partial charge on any atom is -0.464 e.